The van der Waals surface area contributed by atoms with Crippen LogP contribution >= 0.6 is 0 Å². The fraction of sp³-hybridized carbons (Fsp3) is 0.538. The zero-order valence-electron chi connectivity index (χ0n) is 9.99. The van der Waals surface area contributed by atoms with Crippen molar-refractivity contribution in [3.8, 4) is 17.2 Å². The highest BCUT2D eigenvalue weighted by molar-refractivity contribution is 5.57. The van der Waals surface area contributed by atoms with E-state index in [1.165, 1.54) is 5.56 Å². The van der Waals surface area contributed by atoms with Gasteiger partial charge in [0.25, 0.3) is 0 Å². The average molecular weight is 235 g/mol. The molecule has 0 spiro atoms. The van der Waals surface area contributed by atoms with Gasteiger partial charge in [-0.3, -0.25) is 0 Å². The molecule has 2 aliphatic rings. The van der Waals surface area contributed by atoms with E-state index in [-0.39, 0.29) is 0 Å². The minimum Gasteiger partial charge on any atom is -0.492 e. The Kier molecular flexibility index (Phi) is 2.81. The zero-order chi connectivity index (χ0) is 11.7. The summed E-state index contributed by atoms with van der Waals surface area (Å²) in [6.45, 7) is 3.29. The maximum atomic E-state index is 5.68. The SMILES string of the molecule is COc1c(C2CCNC2)ccc2c1OCCO2. The summed E-state index contributed by atoms with van der Waals surface area (Å²) in [4.78, 5) is 0. The third-order valence-electron chi connectivity index (χ3n) is 3.40. The van der Waals surface area contributed by atoms with Crippen molar-refractivity contribution in [2.24, 2.45) is 0 Å². The summed E-state index contributed by atoms with van der Waals surface area (Å²) >= 11 is 0. The first kappa shape index (κ1) is 10.7. The second-order valence-electron chi connectivity index (χ2n) is 4.40. The van der Waals surface area contributed by atoms with Crippen molar-refractivity contribution >= 4 is 0 Å². The maximum absolute atomic E-state index is 5.68. The van der Waals surface area contributed by atoms with Crippen LogP contribution < -0.4 is 19.5 Å². The molecule has 1 N–H and O–H groups in total. The van der Waals surface area contributed by atoms with Gasteiger partial charge >= 0.3 is 0 Å². The first-order chi connectivity index (χ1) is 8.40. The van der Waals surface area contributed by atoms with E-state index in [1.807, 2.05) is 6.07 Å². The van der Waals surface area contributed by atoms with Gasteiger partial charge in [-0.05, 0) is 19.0 Å². The Hall–Kier alpha value is -1.42. The summed E-state index contributed by atoms with van der Waals surface area (Å²) in [5.41, 5.74) is 1.22. The van der Waals surface area contributed by atoms with Crippen LogP contribution in [0, 0.1) is 0 Å². The minimum absolute atomic E-state index is 0.515. The number of methoxy groups -OCH3 is 1. The van der Waals surface area contributed by atoms with Crippen molar-refractivity contribution in [2.75, 3.05) is 33.4 Å². The van der Waals surface area contributed by atoms with Gasteiger partial charge in [-0.15, -0.1) is 0 Å². The van der Waals surface area contributed by atoms with Crippen LogP contribution in [0.5, 0.6) is 17.2 Å². The molecule has 17 heavy (non-hydrogen) atoms. The molecule has 0 aromatic heterocycles. The smallest absolute Gasteiger partial charge is 0.203 e. The van der Waals surface area contributed by atoms with Crippen LogP contribution in [-0.4, -0.2) is 33.4 Å². The fourth-order valence-corrected chi connectivity index (χ4v) is 2.56. The summed E-state index contributed by atoms with van der Waals surface area (Å²) < 4.78 is 16.8. The molecule has 3 rings (SSSR count). The van der Waals surface area contributed by atoms with E-state index < -0.39 is 0 Å². The van der Waals surface area contributed by atoms with Crippen LogP contribution in [0.1, 0.15) is 17.9 Å². The van der Waals surface area contributed by atoms with Gasteiger partial charge in [0.1, 0.15) is 13.2 Å². The van der Waals surface area contributed by atoms with Gasteiger partial charge in [-0.25, -0.2) is 0 Å². The zero-order valence-corrected chi connectivity index (χ0v) is 9.99. The van der Waals surface area contributed by atoms with E-state index in [9.17, 15) is 0 Å². The van der Waals surface area contributed by atoms with Gasteiger partial charge in [0, 0.05) is 18.0 Å². The van der Waals surface area contributed by atoms with Crippen LogP contribution in [0.4, 0.5) is 0 Å². The van der Waals surface area contributed by atoms with Gasteiger partial charge in [0.15, 0.2) is 11.5 Å². The van der Waals surface area contributed by atoms with E-state index in [4.69, 9.17) is 14.2 Å². The molecule has 1 saturated heterocycles. The molecular weight excluding hydrogens is 218 g/mol. The van der Waals surface area contributed by atoms with E-state index in [0.29, 0.717) is 19.1 Å². The van der Waals surface area contributed by atoms with Gasteiger partial charge in [-0.1, -0.05) is 6.07 Å². The van der Waals surface area contributed by atoms with E-state index in [1.54, 1.807) is 7.11 Å². The highest BCUT2D eigenvalue weighted by Gasteiger charge is 2.26. The Morgan fingerprint density at radius 2 is 2.18 bits per heavy atom. The van der Waals surface area contributed by atoms with Crippen molar-refractivity contribution in [2.45, 2.75) is 12.3 Å². The summed E-state index contributed by atoms with van der Waals surface area (Å²) in [7, 11) is 1.69. The first-order valence-corrected chi connectivity index (χ1v) is 6.07. The normalized spacial score (nSPS) is 22.5. The van der Waals surface area contributed by atoms with Gasteiger partial charge in [0.2, 0.25) is 5.75 Å². The Morgan fingerprint density at radius 3 is 2.94 bits per heavy atom. The van der Waals surface area contributed by atoms with Crippen LogP contribution in [0.15, 0.2) is 12.1 Å². The van der Waals surface area contributed by atoms with Gasteiger partial charge in [-0.2, -0.15) is 0 Å². The number of ether oxygens (including phenoxy) is 3. The molecule has 0 radical (unpaired) electrons. The Labute approximate surface area is 101 Å². The van der Waals surface area contributed by atoms with Crippen LogP contribution in [-0.2, 0) is 0 Å². The van der Waals surface area contributed by atoms with E-state index in [0.717, 1.165) is 36.8 Å². The van der Waals surface area contributed by atoms with Crippen molar-refractivity contribution < 1.29 is 14.2 Å². The number of hydrogen-bond donors (Lipinski definition) is 1. The van der Waals surface area contributed by atoms with Crippen LogP contribution in [0.25, 0.3) is 0 Å². The molecule has 1 aromatic rings. The van der Waals surface area contributed by atoms with Crippen LogP contribution in [0.2, 0.25) is 0 Å². The molecule has 2 heterocycles. The molecule has 0 aliphatic carbocycles. The highest BCUT2D eigenvalue weighted by atomic mass is 16.6. The summed E-state index contributed by atoms with van der Waals surface area (Å²) in [6, 6.07) is 4.09. The molecule has 1 unspecified atom stereocenters. The third kappa shape index (κ3) is 1.82. The Balaban J connectivity index is 2.03. The molecule has 1 aromatic carbocycles. The van der Waals surface area contributed by atoms with Crippen molar-refractivity contribution in [3.63, 3.8) is 0 Å². The predicted molar refractivity (Wildman–Crippen MR) is 64.2 cm³/mol. The molecule has 0 saturated carbocycles. The Morgan fingerprint density at radius 1 is 1.29 bits per heavy atom. The van der Waals surface area contributed by atoms with E-state index >= 15 is 0 Å². The Bertz CT molecular complexity index is 413. The van der Waals surface area contributed by atoms with Crippen molar-refractivity contribution in [1.29, 1.82) is 0 Å². The fourth-order valence-electron chi connectivity index (χ4n) is 2.56. The second-order valence-corrected chi connectivity index (χ2v) is 4.40. The number of fused-ring (bicyclic) bond motifs is 1. The highest BCUT2D eigenvalue weighted by Crippen LogP contribution is 2.45. The summed E-state index contributed by atoms with van der Waals surface area (Å²) in [5, 5.41) is 3.37. The average Bonchev–Trinajstić information content (AvgIpc) is 2.91. The lowest BCUT2D eigenvalue weighted by molar-refractivity contribution is 0.164. The molecule has 0 amide bonds. The number of benzene rings is 1. The molecule has 92 valence electrons. The molecular formula is C13H17NO3. The van der Waals surface area contributed by atoms with Gasteiger partial charge in [0.05, 0.1) is 7.11 Å². The molecule has 4 heteroatoms. The largest absolute Gasteiger partial charge is 0.492 e. The topological polar surface area (TPSA) is 39.7 Å². The lowest BCUT2D eigenvalue weighted by Gasteiger charge is -2.23. The third-order valence-corrected chi connectivity index (χ3v) is 3.40. The standard InChI is InChI=1S/C13H17NO3/c1-15-12-10(9-4-5-14-8-9)2-3-11-13(12)17-7-6-16-11/h2-3,9,14H,4-8H2,1H3. The lowest BCUT2D eigenvalue weighted by Crippen LogP contribution is -2.17. The predicted octanol–water partition coefficient (Wildman–Crippen LogP) is 1.54. The lowest BCUT2D eigenvalue weighted by atomic mass is 9.96. The van der Waals surface area contributed by atoms with Crippen LogP contribution in [0.3, 0.4) is 0 Å². The van der Waals surface area contributed by atoms with E-state index in [2.05, 4.69) is 11.4 Å². The molecule has 4 nitrogen and oxygen atoms in total. The second kappa shape index (κ2) is 4.45. The molecule has 1 fully saturated rings. The van der Waals surface area contributed by atoms with Gasteiger partial charge < -0.3 is 19.5 Å². The number of nitrogens with one attached hydrogen (secondary N) is 1. The molecule has 0 bridgehead atoms. The maximum Gasteiger partial charge on any atom is 0.203 e. The first-order valence-electron chi connectivity index (χ1n) is 6.07. The quantitative estimate of drug-likeness (QED) is 0.844. The summed E-state index contributed by atoms with van der Waals surface area (Å²) in [6.07, 6.45) is 1.15. The monoisotopic (exact) mass is 235 g/mol. The molecule has 2 aliphatic heterocycles. The number of rotatable bonds is 2. The van der Waals surface area contributed by atoms with Crippen molar-refractivity contribution in [1.82, 2.24) is 5.32 Å². The molecule has 1 atom stereocenters. The van der Waals surface area contributed by atoms with Crippen molar-refractivity contribution in [3.05, 3.63) is 17.7 Å². The minimum atomic E-state index is 0.515. The summed E-state index contributed by atoms with van der Waals surface area (Å²) in [5.74, 6) is 2.92. The number of hydrogen-bond acceptors (Lipinski definition) is 4.